The summed E-state index contributed by atoms with van der Waals surface area (Å²) in [6.45, 7) is 10.0. The lowest BCUT2D eigenvalue weighted by Crippen LogP contribution is -2.54. The number of nitrogens with zero attached hydrogens (tertiary/aromatic N) is 2. The molecule has 1 atom stereocenters. The largest absolute Gasteiger partial charge is 0.484 e. The van der Waals surface area contributed by atoms with E-state index in [1.54, 1.807) is 16.7 Å². The lowest BCUT2D eigenvalue weighted by molar-refractivity contribution is -0.144. The smallest absolute Gasteiger partial charge is 0.263 e. The number of aryl methyl sites for hydroxylation is 1. The van der Waals surface area contributed by atoms with Gasteiger partial charge in [-0.05, 0) is 49.6 Å². The number of carbonyl (C=O) groups is 2. The molecule has 2 aromatic rings. The van der Waals surface area contributed by atoms with Crippen LogP contribution < -0.4 is 9.47 Å². The van der Waals surface area contributed by atoms with Gasteiger partial charge in [0.1, 0.15) is 11.5 Å². The summed E-state index contributed by atoms with van der Waals surface area (Å²) >= 11 is 0. The molecule has 0 bridgehead atoms. The van der Waals surface area contributed by atoms with Crippen LogP contribution >= 0.6 is 0 Å². The van der Waals surface area contributed by atoms with Crippen LogP contribution in [-0.4, -0.2) is 60.5 Å². The molecular weight excluding hydrogens is 392 g/mol. The zero-order valence-corrected chi connectivity index (χ0v) is 18.8. The monoisotopic (exact) mass is 424 g/mol. The van der Waals surface area contributed by atoms with Crippen molar-refractivity contribution in [2.75, 3.05) is 32.8 Å². The van der Waals surface area contributed by atoms with Crippen molar-refractivity contribution in [3.05, 3.63) is 59.7 Å². The number of piperazine rings is 1. The third-order valence-electron chi connectivity index (χ3n) is 5.53. The minimum Gasteiger partial charge on any atom is -0.484 e. The first-order chi connectivity index (χ1) is 14.8. The van der Waals surface area contributed by atoms with E-state index in [2.05, 4.69) is 13.8 Å². The van der Waals surface area contributed by atoms with Crippen LogP contribution in [-0.2, 0) is 9.59 Å². The molecule has 1 aliphatic rings. The zero-order valence-electron chi connectivity index (χ0n) is 18.8. The maximum absolute atomic E-state index is 12.8. The Bertz CT molecular complexity index is 869. The third-order valence-corrected chi connectivity index (χ3v) is 5.53. The molecule has 0 radical (unpaired) electrons. The van der Waals surface area contributed by atoms with Gasteiger partial charge in [-0.3, -0.25) is 9.59 Å². The standard InChI is InChI=1S/C25H32N2O4/c1-18(2)21-7-11-23(12-8-21)31-20(4)25(29)27-15-13-26(14-16-27)24(28)17-30-22-9-5-19(3)6-10-22/h5-12,18,20H,13-17H2,1-4H3. The first kappa shape index (κ1) is 22.7. The predicted molar refractivity (Wildman–Crippen MR) is 120 cm³/mol. The summed E-state index contributed by atoms with van der Waals surface area (Å²) in [7, 11) is 0. The molecule has 1 aliphatic heterocycles. The minimum atomic E-state index is -0.572. The van der Waals surface area contributed by atoms with Gasteiger partial charge in [-0.15, -0.1) is 0 Å². The number of amides is 2. The zero-order chi connectivity index (χ0) is 22.4. The average molecular weight is 425 g/mol. The summed E-state index contributed by atoms with van der Waals surface area (Å²) < 4.78 is 11.4. The molecule has 31 heavy (non-hydrogen) atoms. The van der Waals surface area contributed by atoms with Gasteiger partial charge in [-0.1, -0.05) is 43.7 Å². The van der Waals surface area contributed by atoms with Crippen molar-refractivity contribution in [2.24, 2.45) is 0 Å². The second-order valence-electron chi connectivity index (χ2n) is 8.29. The van der Waals surface area contributed by atoms with Crippen LogP contribution in [0.4, 0.5) is 0 Å². The highest BCUT2D eigenvalue weighted by Gasteiger charge is 2.28. The van der Waals surface area contributed by atoms with Crippen LogP contribution in [0.25, 0.3) is 0 Å². The molecule has 3 rings (SSSR count). The summed E-state index contributed by atoms with van der Waals surface area (Å²) in [5, 5.41) is 0. The van der Waals surface area contributed by atoms with Crippen LogP contribution in [0.5, 0.6) is 11.5 Å². The van der Waals surface area contributed by atoms with Crippen molar-refractivity contribution >= 4 is 11.8 Å². The van der Waals surface area contributed by atoms with Crippen molar-refractivity contribution < 1.29 is 19.1 Å². The van der Waals surface area contributed by atoms with E-state index in [0.29, 0.717) is 43.6 Å². The number of hydrogen-bond acceptors (Lipinski definition) is 4. The van der Waals surface area contributed by atoms with Gasteiger partial charge in [-0.2, -0.15) is 0 Å². The van der Waals surface area contributed by atoms with E-state index in [4.69, 9.17) is 9.47 Å². The fourth-order valence-electron chi connectivity index (χ4n) is 3.49. The minimum absolute atomic E-state index is 0.00287. The third kappa shape index (κ3) is 6.23. The van der Waals surface area contributed by atoms with Crippen molar-refractivity contribution in [1.29, 1.82) is 0 Å². The summed E-state index contributed by atoms with van der Waals surface area (Å²) in [5.41, 5.74) is 2.38. The van der Waals surface area contributed by atoms with E-state index in [-0.39, 0.29) is 18.4 Å². The van der Waals surface area contributed by atoms with Crippen LogP contribution in [0.3, 0.4) is 0 Å². The van der Waals surface area contributed by atoms with E-state index < -0.39 is 6.10 Å². The molecule has 166 valence electrons. The van der Waals surface area contributed by atoms with Crippen LogP contribution in [0.15, 0.2) is 48.5 Å². The van der Waals surface area contributed by atoms with Gasteiger partial charge in [0, 0.05) is 26.2 Å². The quantitative estimate of drug-likeness (QED) is 0.681. The molecule has 1 unspecified atom stereocenters. The molecule has 6 nitrogen and oxygen atoms in total. The first-order valence-corrected chi connectivity index (χ1v) is 10.9. The lowest BCUT2D eigenvalue weighted by atomic mass is 10.0. The van der Waals surface area contributed by atoms with Gasteiger partial charge < -0.3 is 19.3 Å². The van der Waals surface area contributed by atoms with Crippen molar-refractivity contribution in [2.45, 2.75) is 39.7 Å². The Kier molecular flexibility index (Phi) is 7.55. The summed E-state index contributed by atoms with van der Waals surface area (Å²) in [4.78, 5) is 28.7. The first-order valence-electron chi connectivity index (χ1n) is 10.9. The topological polar surface area (TPSA) is 59.1 Å². The van der Waals surface area contributed by atoms with Gasteiger partial charge in [0.2, 0.25) is 0 Å². The molecule has 1 heterocycles. The summed E-state index contributed by atoms with van der Waals surface area (Å²) in [6, 6.07) is 15.5. The highest BCUT2D eigenvalue weighted by atomic mass is 16.5. The highest BCUT2D eigenvalue weighted by Crippen LogP contribution is 2.20. The Morgan fingerprint density at radius 2 is 1.39 bits per heavy atom. The van der Waals surface area contributed by atoms with Crippen LogP contribution in [0.2, 0.25) is 0 Å². The van der Waals surface area contributed by atoms with E-state index >= 15 is 0 Å². The molecule has 0 saturated carbocycles. The van der Waals surface area contributed by atoms with Gasteiger partial charge >= 0.3 is 0 Å². The molecule has 2 amide bonds. The Labute approximate surface area is 184 Å². The van der Waals surface area contributed by atoms with Gasteiger partial charge in [0.05, 0.1) is 0 Å². The van der Waals surface area contributed by atoms with Crippen molar-refractivity contribution in [3.63, 3.8) is 0 Å². The number of hydrogen-bond donors (Lipinski definition) is 0. The Morgan fingerprint density at radius 3 is 1.97 bits per heavy atom. The Balaban J connectivity index is 1.44. The molecular formula is C25H32N2O4. The van der Waals surface area contributed by atoms with Gasteiger partial charge in [-0.25, -0.2) is 0 Å². The maximum atomic E-state index is 12.8. The molecule has 1 saturated heterocycles. The number of ether oxygens (including phenoxy) is 2. The Hall–Kier alpha value is -3.02. The fourth-order valence-corrected chi connectivity index (χ4v) is 3.49. The number of carbonyl (C=O) groups excluding carboxylic acids is 2. The normalized spacial score (nSPS) is 15.0. The van der Waals surface area contributed by atoms with Gasteiger partial charge in [0.25, 0.3) is 11.8 Å². The molecule has 0 spiro atoms. The summed E-state index contributed by atoms with van der Waals surface area (Å²) in [5.74, 6) is 1.69. The second kappa shape index (κ2) is 10.3. The Morgan fingerprint density at radius 1 is 0.839 bits per heavy atom. The molecule has 0 N–H and O–H groups in total. The number of rotatable bonds is 7. The molecule has 1 fully saturated rings. The summed E-state index contributed by atoms with van der Waals surface area (Å²) in [6.07, 6.45) is -0.572. The second-order valence-corrected chi connectivity index (χ2v) is 8.29. The fraction of sp³-hybridized carbons (Fsp3) is 0.440. The maximum Gasteiger partial charge on any atom is 0.263 e. The molecule has 0 aliphatic carbocycles. The van der Waals surface area contributed by atoms with Crippen molar-refractivity contribution in [1.82, 2.24) is 9.80 Å². The van der Waals surface area contributed by atoms with E-state index in [1.165, 1.54) is 5.56 Å². The van der Waals surface area contributed by atoms with Crippen LogP contribution in [0, 0.1) is 6.92 Å². The average Bonchev–Trinajstić information content (AvgIpc) is 2.78. The number of benzene rings is 2. The van der Waals surface area contributed by atoms with E-state index in [1.807, 2.05) is 55.5 Å². The molecule has 0 aromatic heterocycles. The van der Waals surface area contributed by atoms with Crippen molar-refractivity contribution in [3.8, 4) is 11.5 Å². The predicted octanol–water partition coefficient (Wildman–Crippen LogP) is 3.64. The van der Waals surface area contributed by atoms with Crippen LogP contribution in [0.1, 0.15) is 37.8 Å². The molecule has 6 heteroatoms. The SMILES string of the molecule is Cc1ccc(OCC(=O)N2CCN(C(=O)C(C)Oc3ccc(C(C)C)cc3)CC2)cc1. The van der Waals surface area contributed by atoms with Gasteiger partial charge in [0.15, 0.2) is 12.7 Å². The highest BCUT2D eigenvalue weighted by molar-refractivity contribution is 5.82. The van der Waals surface area contributed by atoms with E-state index in [9.17, 15) is 9.59 Å². The molecule has 2 aromatic carbocycles. The van der Waals surface area contributed by atoms with E-state index in [0.717, 1.165) is 5.56 Å². The lowest BCUT2D eigenvalue weighted by Gasteiger charge is -2.35.